The molecular formula is C27H36N4O7. The van der Waals surface area contributed by atoms with E-state index in [-0.39, 0.29) is 26.1 Å². The highest BCUT2D eigenvalue weighted by molar-refractivity contribution is 5.99. The molecule has 0 unspecified atom stereocenters. The first-order valence-corrected chi connectivity index (χ1v) is 12.7. The summed E-state index contributed by atoms with van der Waals surface area (Å²) < 4.78 is 10.4. The van der Waals surface area contributed by atoms with Crippen molar-refractivity contribution >= 4 is 29.8 Å². The third-order valence-electron chi connectivity index (χ3n) is 6.16. The van der Waals surface area contributed by atoms with Gasteiger partial charge in [-0.05, 0) is 39.2 Å². The van der Waals surface area contributed by atoms with Crippen LogP contribution in [0.25, 0.3) is 0 Å². The topological polar surface area (TPSA) is 134 Å². The van der Waals surface area contributed by atoms with Crippen molar-refractivity contribution in [3.8, 4) is 0 Å². The molecule has 2 fully saturated rings. The normalized spacial score (nSPS) is 21.5. The Morgan fingerprint density at radius 3 is 2.55 bits per heavy atom. The lowest BCUT2D eigenvalue weighted by Gasteiger charge is -2.39. The van der Waals surface area contributed by atoms with Crippen molar-refractivity contribution in [3.05, 3.63) is 48.6 Å². The van der Waals surface area contributed by atoms with Gasteiger partial charge < -0.3 is 25.0 Å². The Labute approximate surface area is 222 Å². The quantitative estimate of drug-likeness (QED) is 0.367. The third-order valence-corrected chi connectivity index (χ3v) is 6.16. The average molecular weight is 529 g/mol. The van der Waals surface area contributed by atoms with Crippen LogP contribution in [0.15, 0.2) is 43.0 Å². The highest BCUT2D eigenvalue weighted by atomic mass is 16.6. The number of carbonyl (C=O) groups excluding carboxylic acids is 5. The number of hydrogen-bond acceptors (Lipinski definition) is 7. The minimum Gasteiger partial charge on any atom is -0.461 e. The van der Waals surface area contributed by atoms with Crippen LogP contribution in [-0.2, 0) is 35.2 Å². The van der Waals surface area contributed by atoms with E-state index in [1.807, 2.05) is 30.3 Å². The first-order valence-electron chi connectivity index (χ1n) is 12.7. The lowest BCUT2D eigenvalue weighted by atomic mass is 10.0. The maximum Gasteiger partial charge on any atom is 0.410 e. The van der Waals surface area contributed by atoms with Gasteiger partial charge in [0.25, 0.3) is 0 Å². The molecule has 2 aliphatic heterocycles. The zero-order chi connectivity index (χ0) is 27.9. The van der Waals surface area contributed by atoms with Gasteiger partial charge in [-0.15, -0.1) is 0 Å². The molecule has 0 aromatic heterocycles. The molecule has 1 aromatic carbocycles. The molecule has 206 valence electrons. The van der Waals surface area contributed by atoms with Crippen molar-refractivity contribution in [2.24, 2.45) is 0 Å². The largest absolute Gasteiger partial charge is 0.461 e. The van der Waals surface area contributed by atoms with Crippen LogP contribution in [0.1, 0.15) is 45.6 Å². The Balaban J connectivity index is 1.71. The molecule has 11 heteroatoms. The second kappa shape index (κ2) is 12.6. The molecule has 11 nitrogen and oxygen atoms in total. The molecule has 0 bridgehead atoms. The van der Waals surface area contributed by atoms with E-state index in [1.165, 1.54) is 15.9 Å². The molecule has 3 atom stereocenters. The van der Waals surface area contributed by atoms with E-state index >= 15 is 0 Å². The molecular weight excluding hydrogens is 492 g/mol. The zero-order valence-corrected chi connectivity index (χ0v) is 22.1. The first-order chi connectivity index (χ1) is 18.0. The fourth-order valence-electron chi connectivity index (χ4n) is 4.41. The van der Waals surface area contributed by atoms with Gasteiger partial charge in [-0.25, -0.2) is 4.79 Å². The number of nitrogens with one attached hydrogen (secondary N) is 2. The van der Waals surface area contributed by atoms with Crippen LogP contribution >= 0.6 is 0 Å². The molecule has 2 saturated heterocycles. The SMILES string of the molecule is C=CCOC(=O)C[C@@H]1NC(=O)[C@H](CNC(=O)[C@H]2CCCN2C(=O)OC(C)(C)C)N(Cc2ccccc2)C1=O. The second-order valence-electron chi connectivity index (χ2n) is 10.3. The summed E-state index contributed by atoms with van der Waals surface area (Å²) in [5, 5.41) is 5.34. The smallest absolute Gasteiger partial charge is 0.410 e. The van der Waals surface area contributed by atoms with Gasteiger partial charge >= 0.3 is 12.1 Å². The predicted octanol–water partition coefficient (Wildman–Crippen LogP) is 1.52. The van der Waals surface area contributed by atoms with Crippen LogP contribution in [0.5, 0.6) is 0 Å². The first kappa shape index (κ1) is 28.7. The van der Waals surface area contributed by atoms with Crippen molar-refractivity contribution < 1.29 is 33.4 Å². The van der Waals surface area contributed by atoms with E-state index in [0.29, 0.717) is 19.4 Å². The molecule has 3 rings (SSSR count). The molecule has 0 saturated carbocycles. The maximum atomic E-state index is 13.4. The average Bonchev–Trinajstić information content (AvgIpc) is 3.35. The van der Waals surface area contributed by atoms with Crippen molar-refractivity contribution in [3.63, 3.8) is 0 Å². The Kier molecular flexibility index (Phi) is 9.49. The van der Waals surface area contributed by atoms with Crippen molar-refractivity contribution in [1.82, 2.24) is 20.4 Å². The van der Waals surface area contributed by atoms with Gasteiger partial charge in [0.05, 0.1) is 6.42 Å². The number of carbonyl (C=O) groups is 5. The van der Waals surface area contributed by atoms with Crippen molar-refractivity contribution in [2.45, 2.75) is 70.3 Å². The van der Waals surface area contributed by atoms with Crippen molar-refractivity contribution in [2.75, 3.05) is 19.7 Å². The van der Waals surface area contributed by atoms with Crippen LogP contribution in [0.3, 0.4) is 0 Å². The monoisotopic (exact) mass is 528 g/mol. The highest BCUT2D eigenvalue weighted by Crippen LogP contribution is 2.22. The Bertz CT molecular complexity index is 1050. The molecule has 38 heavy (non-hydrogen) atoms. The van der Waals surface area contributed by atoms with Crippen LogP contribution in [-0.4, -0.2) is 83.0 Å². The van der Waals surface area contributed by atoms with Gasteiger partial charge in [-0.2, -0.15) is 0 Å². The number of amides is 4. The minimum absolute atomic E-state index is 0.00242. The molecule has 2 heterocycles. The summed E-state index contributed by atoms with van der Waals surface area (Å²) in [4.78, 5) is 67.0. The molecule has 4 amide bonds. The van der Waals surface area contributed by atoms with Crippen LogP contribution in [0.4, 0.5) is 4.79 Å². The molecule has 1 aromatic rings. The van der Waals surface area contributed by atoms with E-state index in [4.69, 9.17) is 9.47 Å². The Morgan fingerprint density at radius 1 is 1.18 bits per heavy atom. The zero-order valence-electron chi connectivity index (χ0n) is 22.1. The van der Waals surface area contributed by atoms with Gasteiger partial charge in [0.1, 0.15) is 30.3 Å². The standard InChI is InChI=1S/C27H36N4O7/c1-5-14-37-22(32)15-19-25(35)31(17-18-10-7-6-8-11-18)21(24(34)29-19)16-28-23(33)20-12-9-13-30(20)26(36)38-27(2,3)4/h5-8,10-11,19-21H,1,9,12-17H2,2-4H3,(H,28,33)(H,29,34)/t19-,20+,21-/m0/s1. The van der Waals surface area contributed by atoms with Crippen LogP contribution in [0, 0.1) is 0 Å². The van der Waals surface area contributed by atoms with E-state index in [0.717, 1.165) is 5.56 Å². The summed E-state index contributed by atoms with van der Waals surface area (Å²) in [6, 6.07) is 6.27. The number of nitrogens with zero attached hydrogens (tertiary/aromatic N) is 2. The lowest BCUT2D eigenvalue weighted by Crippen LogP contribution is -2.66. The summed E-state index contributed by atoms with van der Waals surface area (Å²) in [6.07, 6.45) is 1.62. The highest BCUT2D eigenvalue weighted by Gasteiger charge is 2.43. The Morgan fingerprint density at radius 2 is 1.89 bits per heavy atom. The number of hydrogen-bond donors (Lipinski definition) is 2. The molecule has 0 radical (unpaired) electrons. The molecule has 2 aliphatic rings. The van der Waals surface area contributed by atoms with E-state index in [2.05, 4.69) is 17.2 Å². The number of ether oxygens (including phenoxy) is 2. The molecule has 2 N–H and O–H groups in total. The van der Waals surface area contributed by atoms with Gasteiger partial charge in [0, 0.05) is 19.6 Å². The summed E-state index contributed by atoms with van der Waals surface area (Å²) >= 11 is 0. The molecule has 0 aliphatic carbocycles. The number of piperazine rings is 1. The van der Waals surface area contributed by atoms with Crippen LogP contribution in [0.2, 0.25) is 0 Å². The number of likely N-dealkylation sites (tertiary alicyclic amines) is 1. The van der Waals surface area contributed by atoms with E-state index in [9.17, 15) is 24.0 Å². The predicted molar refractivity (Wildman–Crippen MR) is 137 cm³/mol. The number of benzene rings is 1. The van der Waals surface area contributed by atoms with E-state index < -0.39 is 53.5 Å². The van der Waals surface area contributed by atoms with Gasteiger partial charge in [-0.3, -0.25) is 24.1 Å². The minimum atomic E-state index is -1.09. The third kappa shape index (κ3) is 7.56. The fourth-order valence-corrected chi connectivity index (χ4v) is 4.41. The summed E-state index contributed by atoms with van der Waals surface area (Å²) in [5.74, 6) is -2.03. The summed E-state index contributed by atoms with van der Waals surface area (Å²) in [6.45, 7) is 9.08. The second-order valence-corrected chi connectivity index (χ2v) is 10.3. The van der Waals surface area contributed by atoms with Gasteiger partial charge in [0.2, 0.25) is 17.7 Å². The lowest BCUT2D eigenvalue weighted by molar-refractivity contribution is -0.154. The maximum absolute atomic E-state index is 13.4. The molecule has 0 spiro atoms. The van der Waals surface area contributed by atoms with Crippen LogP contribution < -0.4 is 10.6 Å². The summed E-state index contributed by atoms with van der Waals surface area (Å²) in [7, 11) is 0. The van der Waals surface area contributed by atoms with Gasteiger partial charge in [0.15, 0.2) is 0 Å². The van der Waals surface area contributed by atoms with Gasteiger partial charge in [-0.1, -0.05) is 43.0 Å². The fraction of sp³-hybridized carbons (Fsp3) is 0.519. The summed E-state index contributed by atoms with van der Waals surface area (Å²) in [5.41, 5.74) is 0.0835. The Hall–Kier alpha value is -3.89. The van der Waals surface area contributed by atoms with Crippen molar-refractivity contribution in [1.29, 1.82) is 0 Å². The number of rotatable bonds is 9. The number of esters is 1. The van der Waals surface area contributed by atoms with E-state index in [1.54, 1.807) is 20.8 Å².